The smallest absolute Gasteiger partial charge is 0.231 e. The number of rotatable bonds is 6. The molecule has 0 aromatic carbocycles. The van der Waals surface area contributed by atoms with Gasteiger partial charge in [-0.05, 0) is 6.42 Å². The zero-order chi connectivity index (χ0) is 13.5. The van der Waals surface area contributed by atoms with E-state index < -0.39 is 0 Å². The van der Waals surface area contributed by atoms with Crippen molar-refractivity contribution in [3.8, 4) is 0 Å². The molecule has 0 saturated carbocycles. The first-order valence-corrected chi connectivity index (χ1v) is 7.71. The minimum absolute atomic E-state index is 0.635. The van der Waals surface area contributed by atoms with Crippen LogP contribution in [0.5, 0.6) is 0 Å². The first kappa shape index (κ1) is 14.3. The van der Waals surface area contributed by atoms with Gasteiger partial charge in [0.1, 0.15) is 0 Å². The van der Waals surface area contributed by atoms with Gasteiger partial charge in [0.25, 0.3) is 0 Å². The fraction of sp³-hybridized carbons (Fsp3) is 0.750. The van der Waals surface area contributed by atoms with E-state index in [1.165, 1.54) is 12.8 Å². The van der Waals surface area contributed by atoms with Gasteiger partial charge < -0.3 is 15.0 Å². The van der Waals surface area contributed by atoms with E-state index in [9.17, 15) is 0 Å². The van der Waals surface area contributed by atoms with Crippen LogP contribution in [0.1, 0.15) is 19.8 Å². The largest absolute Gasteiger partial charge is 0.378 e. The fourth-order valence-corrected chi connectivity index (χ4v) is 2.65. The van der Waals surface area contributed by atoms with Gasteiger partial charge in [0, 0.05) is 25.9 Å². The van der Waals surface area contributed by atoms with Crippen LogP contribution in [0.15, 0.2) is 5.16 Å². The fourth-order valence-electron chi connectivity index (χ4n) is 1.73. The van der Waals surface area contributed by atoms with Gasteiger partial charge >= 0.3 is 0 Å². The Kier molecular flexibility index (Phi) is 5.65. The topological polar surface area (TPSA) is 63.2 Å². The molecule has 0 aliphatic carbocycles. The average Bonchev–Trinajstić information content (AvgIpc) is 2.48. The number of ether oxygens (including phenoxy) is 1. The third-order valence-corrected chi connectivity index (χ3v) is 3.78. The SMILES string of the molecule is CCCCSc1nc(NC)nc(N2CCOCC2)n1. The van der Waals surface area contributed by atoms with Crippen LogP contribution in [-0.4, -0.2) is 54.1 Å². The first-order chi connectivity index (χ1) is 9.33. The molecule has 1 aliphatic rings. The highest BCUT2D eigenvalue weighted by Crippen LogP contribution is 2.20. The van der Waals surface area contributed by atoms with Crippen LogP contribution >= 0.6 is 11.8 Å². The predicted octanol–water partition coefficient (Wildman–Crippen LogP) is 1.64. The third kappa shape index (κ3) is 4.21. The lowest BCUT2D eigenvalue weighted by molar-refractivity contribution is 0.122. The summed E-state index contributed by atoms with van der Waals surface area (Å²) in [6, 6.07) is 0. The maximum atomic E-state index is 5.35. The van der Waals surface area contributed by atoms with Crippen LogP contribution < -0.4 is 10.2 Å². The van der Waals surface area contributed by atoms with E-state index >= 15 is 0 Å². The van der Waals surface area contributed by atoms with Gasteiger partial charge in [-0.15, -0.1) is 0 Å². The van der Waals surface area contributed by atoms with Gasteiger partial charge in [0.15, 0.2) is 5.16 Å². The van der Waals surface area contributed by atoms with Crippen molar-refractivity contribution in [2.75, 3.05) is 49.3 Å². The minimum Gasteiger partial charge on any atom is -0.378 e. The van der Waals surface area contributed by atoms with E-state index in [-0.39, 0.29) is 0 Å². The highest BCUT2D eigenvalue weighted by Gasteiger charge is 2.16. The van der Waals surface area contributed by atoms with E-state index in [0.717, 1.165) is 43.2 Å². The zero-order valence-electron chi connectivity index (χ0n) is 11.6. The lowest BCUT2D eigenvalue weighted by Crippen LogP contribution is -2.37. The van der Waals surface area contributed by atoms with Crippen molar-refractivity contribution >= 4 is 23.7 Å². The summed E-state index contributed by atoms with van der Waals surface area (Å²) in [6.07, 6.45) is 2.37. The standard InChI is InChI=1S/C12H21N5OS/c1-3-4-9-19-12-15-10(13-2)14-11(16-12)17-5-7-18-8-6-17/h3-9H2,1-2H3,(H,13,14,15,16). The molecule has 106 valence electrons. The highest BCUT2D eigenvalue weighted by atomic mass is 32.2. The Morgan fingerprint density at radius 2 is 2.05 bits per heavy atom. The molecule has 0 unspecified atom stereocenters. The first-order valence-electron chi connectivity index (χ1n) is 6.72. The molecule has 19 heavy (non-hydrogen) atoms. The van der Waals surface area contributed by atoms with Crippen molar-refractivity contribution in [2.45, 2.75) is 24.9 Å². The molecule has 0 bridgehead atoms. The summed E-state index contributed by atoms with van der Waals surface area (Å²) < 4.78 is 5.35. The normalized spacial score (nSPS) is 15.6. The molecule has 7 heteroatoms. The lowest BCUT2D eigenvalue weighted by Gasteiger charge is -2.26. The highest BCUT2D eigenvalue weighted by molar-refractivity contribution is 7.99. The van der Waals surface area contributed by atoms with Crippen molar-refractivity contribution in [3.05, 3.63) is 0 Å². The van der Waals surface area contributed by atoms with Crippen molar-refractivity contribution in [1.29, 1.82) is 0 Å². The molecule has 0 radical (unpaired) electrons. The number of unbranched alkanes of at least 4 members (excludes halogenated alkanes) is 1. The molecule has 1 N–H and O–H groups in total. The van der Waals surface area contributed by atoms with Crippen molar-refractivity contribution < 1.29 is 4.74 Å². The average molecular weight is 283 g/mol. The molecule has 1 saturated heterocycles. The molecule has 1 aromatic rings. The Hall–Kier alpha value is -1.08. The molecule has 1 aliphatic heterocycles. The Morgan fingerprint density at radius 3 is 2.74 bits per heavy atom. The molecule has 1 fully saturated rings. The summed E-state index contributed by atoms with van der Waals surface area (Å²) in [5.41, 5.74) is 0. The van der Waals surface area contributed by atoms with Crippen molar-refractivity contribution in [2.24, 2.45) is 0 Å². The van der Waals surface area contributed by atoms with Crippen LogP contribution in [0.3, 0.4) is 0 Å². The van der Waals surface area contributed by atoms with E-state index in [1.807, 2.05) is 7.05 Å². The van der Waals surface area contributed by atoms with Gasteiger partial charge in [-0.25, -0.2) is 0 Å². The molecule has 2 rings (SSSR count). The maximum absolute atomic E-state index is 5.35. The van der Waals surface area contributed by atoms with Crippen LogP contribution in [0.25, 0.3) is 0 Å². The summed E-state index contributed by atoms with van der Waals surface area (Å²) in [4.78, 5) is 15.5. The molecule has 6 nitrogen and oxygen atoms in total. The van der Waals surface area contributed by atoms with E-state index in [1.54, 1.807) is 11.8 Å². The van der Waals surface area contributed by atoms with E-state index in [0.29, 0.717) is 5.95 Å². The molecular formula is C12H21N5OS. The number of hydrogen-bond acceptors (Lipinski definition) is 7. The zero-order valence-corrected chi connectivity index (χ0v) is 12.4. The summed E-state index contributed by atoms with van der Waals surface area (Å²) in [6.45, 7) is 5.34. The second-order valence-corrected chi connectivity index (χ2v) is 5.36. The number of nitrogens with zero attached hydrogens (tertiary/aromatic N) is 4. The number of morpholine rings is 1. The minimum atomic E-state index is 0.635. The summed E-state index contributed by atoms with van der Waals surface area (Å²) in [5, 5.41) is 3.80. The van der Waals surface area contributed by atoms with Gasteiger partial charge in [0.2, 0.25) is 11.9 Å². The Bertz CT molecular complexity index is 398. The third-order valence-electron chi connectivity index (χ3n) is 2.85. The molecule has 0 amide bonds. The number of anilines is 2. The van der Waals surface area contributed by atoms with E-state index in [4.69, 9.17) is 4.74 Å². The number of thioether (sulfide) groups is 1. The van der Waals surface area contributed by atoms with Crippen LogP contribution in [0.2, 0.25) is 0 Å². The quantitative estimate of drug-likeness (QED) is 0.629. The van der Waals surface area contributed by atoms with Crippen molar-refractivity contribution in [1.82, 2.24) is 15.0 Å². The van der Waals surface area contributed by atoms with Crippen LogP contribution in [-0.2, 0) is 4.74 Å². The van der Waals surface area contributed by atoms with Crippen molar-refractivity contribution in [3.63, 3.8) is 0 Å². The Labute approximate surface area is 118 Å². The molecule has 0 atom stereocenters. The number of hydrogen-bond donors (Lipinski definition) is 1. The Balaban J connectivity index is 2.10. The molecular weight excluding hydrogens is 262 g/mol. The molecule has 1 aromatic heterocycles. The number of nitrogens with one attached hydrogen (secondary N) is 1. The van der Waals surface area contributed by atoms with Gasteiger partial charge in [-0.3, -0.25) is 0 Å². The number of aromatic nitrogens is 3. The second-order valence-electron chi connectivity index (χ2n) is 4.29. The van der Waals surface area contributed by atoms with E-state index in [2.05, 4.69) is 32.1 Å². The molecule has 2 heterocycles. The summed E-state index contributed by atoms with van der Waals surface area (Å²) in [5.74, 6) is 2.43. The predicted molar refractivity (Wildman–Crippen MR) is 78.0 cm³/mol. The van der Waals surface area contributed by atoms with Gasteiger partial charge in [-0.1, -0.05) is 25.1 Å². The summed E-state index contributed by atoms with van der Waals surface area (Å²) in [7, 11) is 1.83. The summed E-state index contributed by atoms with van der Waals surface area (Å²) >= 11 is 1.69. The monoisotopic (exact) mass is 283 g/mol. The maximum Gasteiger partial charge on any atom is 0.231 e. The Morgan fingerprint density at radius 1 is 1.26 bits per heavy atom. The molecule has 0 spiro atoms. The van der Waals surface area contributed by atoms with Crippen LogP contribution in [0, 0.1) is 0 Å². The van der Waals surface area contributed by atoms with Gasteiger partial charge in [-0.2, -0.15) is 15.0 Å². The van der Waals surface area contributed by atoms with Gasteiger partial charge in [0.05, 0.1) is 13.2 Å². The van der Waals surface area contributed by atoms with Crippen LogP contribution in [0.4, 0.5) is 11.9 Å². The second kappa shape index (κ2) is 7.49. The lowest BCUT2D eigenvalue weighted by atomic mass is 10.4.